The van der Waals surface area contributed by atoms with Crippen molar-refractivity contribution in [2.75, 3.05) is 44.7 Å². The van der Waals surface area contributed by atoms with Gasteiger partial charge in [0.1, 0.15) is 11.5 Å². The topological polar surface area (TPSA) is 68.6 Å². The summed E-state index contributed by atoms with van der Waals surface area (Å²) in [6.45, 7) is 3.32. The summed E-state index contributed by atoms with van der Waals surface area (Å²) in [5.41, 5.74) is 3.84. The van der Waals surface area contributed by atoms with Crippen LogP contribution in [0, 0.1) is 0 Å². The van der Waals surface area contributed by atoms with Crippen molar-refractivity contribution < 1.29 is 14.6 Å². The van der Waals surface area contributed by atoms with Crippen molar-refractivity contribution in [3.05, 3.63) is 90.0 Å². The van der Waals surface area contributed by atoms with E-state index < -0.39 is 0 Å². The van der Waals surface area contributed by atoms with E-state index in [1.807, 2.05) is 72.8 Å². The predicted octanol–water partition coefficient (Wildman–Crippen LogP) is 3.90. The van der Waals surface area contributed by atoms with Crippen LogP contribution in [0.4, 0.5) is 5.69 Å². The molecule has 0 spiro atoms. The molecule has 1 atom stereocenters. The highest BCUT2D eigenvalue weighted by Crippen LogP contribution is 2.34. The van der Waals surface area contributed by atoms with E-state index >= 15 is 0 Å². The summed E-state index contributed by atoms with van der Waals surface area (Å²) in [5, 5.41) is 16.6. The Morgan fingerprint density at radius 2 is 1.63 bits per heavy atom. The highest BCUT2D eigenvalue weighted by atomic mass is 16.5. The fourth-order valence-corrected chi connectivity index (χ4v) is 4.77. The molecule has 0 saturated carbocycles. The smallest absolute Gasteiger partial charge is 0.257 e. The fourth-order valence-electron chi connectivity index (χ4n) is 4.77. The second kappa shape index (κ2) is 10.2. The number of ether oxygens (including phenoxy) is 1. The second-order valence-electron chi connectivity index (χ2n) is 8.90. The molecule has 5 rings (SSSR count). The van der Waals surface area contributed by atoms with Crippen LogP contribution in [0.15, 0.2) is 84.0 Å². The van der Waals surface area contributed by atoms with Crippen molar-refractivity contribution in [2.45, 2.75) is 12.5 Å². The molecule has 35 heavy (non-hydrogen) atoms. The molecule has 1 fully saturated rings. The maximum absolute atomic E-state index is 13.5. The molecule has 2 aliphatic heterocycles. The highest BCUT2D eigenvalue weighted by molar-refractivity contribution is 6.03. The molecule has 1 N–H and O–H groups in total. The summed E-state index contributed by atoms with van der Waals surface area (Å²) in [6, 6.07) is 25.2. The molecule has 1 amide bonds. The number of para-hydroxylation sites is 2. The minimum absolute atomic E-state index is 0.00671. The zero-order chi connectivity index (χ0) is 24.2. The number of aromatic hydroxyl groups is 1. The maximum Gasteiger partial charge on any atom is 0.257 e. The van der Waals surface area contributed by atoms with Crippen LogP contribution in [0.5, 0.6) is 11.5 Å². The van der Waals surface area contributed by atoms with Crippen molar-refractivity contribution in [3.63, 3.8) is 0 Å². The molecule has 0 aromatic heterocycles. The number of phenols is 1. The first kappa shape index (κ1) is 22.9. The molecule has 7 heteroatoms. The lowest BCUT2D eigenvalue weighted by atomic mass is 9.98. The van der Waals surface area contributed by atoms with Gasteiger partial charge in [0, 0.05) is 32.6 Å². The van der Waals surface area contributed by atoms with E-state index in [1.54, 1.807) is 18.2 Å². The predicted molar refractivity (Wildman–Crippen MR) is 137 cm³/mol. The Bertz CT molecular complexity index is 1190. The van der Waals surface area contributed by atoms with E-state index in [2.05, 4.69) is 9.80 Å². The normalized spacial score (nSPS) is 18.4. The molecule has 0 bridgehead atoms. The van der Waals surface area contributed by atoms with Crippen LogP contribution >= 0.6 is 0 Å². The summed E-state index contributed by atoms with van der Waals surface area (Å²) in [6.07, 6.45) is 0.670. The van der Waals surface area contributed by atoms with E-state index in [1.165, 1.54) is 0 Å². The summed E-state index contributed by atoms with van der Waals surface area (Å²) in [5.74, 6) is 1.07. The molecular weight excluding hydrogens is 440 g/mol. The first-order chi connectivity index (χ1) is 17.1. The van der Waals surface area contributed by atoms with Crippen LogP contribution in [0.1, 0.15) is 23.6 Å². The summed E-state index contributed by atoms with van der Waals surface area (Å²) in [7, 11) is 1.65. The first-order valence-corrected chi connectivity index (χ1v) is 12.0. The molecule has 2 heterocycles. The molecule has 180 valence electrons. The van der Waals surface area contributed by atoms with Crippen molar-refractivity contribution in [1.82, 2.24) is 9.91 Å². The van der Waals surface area contributed by atoms with Crippen molar-refractivity contribution in [3.8, 4) is 11.5 Å². The number of methoxy groups -OCH3 is 1. The van der Waals surface area contributed by atoms with Crippen LogP contribution in [0.25, 0.3) is 0 Å². The Kier molecular flexibility index (Phi) is 6.68. The van der Waals surface area contributed by atoms with Gasteiger partial charge in [-0.15, -0.1) is 0 Å². The third-order valence-electron chi connectivity index (χ3n) is 6.73. The lowest BCUT2D eigenvalue weighted by Gasteiger charge is -2.36. The minimum Gasteiger partial charge on any atom is -0.506 e. The number of hydrogen-bond acceptors (Lipinski definition) is 6. The number of phenolic OH excluding ortho intramolecular Hbond substituents is 1. The number of carbonyl (C=O) groups excluding carboxylic acids is 1. The number of nitrogens with zero attached hydrogens (tertiary/aromatic N) is 4. The van der Waals surface area contributed by atoms with Gasteiger partial charge in [-0.1, -0.05) is 54.6 Å². The first-order valence-electron chi connectivity index (χ1n) is 12.0. The lowest BCUT2D eigenvalue weighted by Crippen LogP contribution is -2.49. The number of anilines is 1. The number of benzene rings is 3. The van der Waals surface area contributed by atoms with Crippen LogP contribution in [-0.2, 0) is 4.79 Å². The monoisotopic (exact) mass is 470 g/mol. The summed E-state index contributed by atoms with van der Waals surface area (Å²) in [4.78, 5) is 17.8. The largest absolute Gasteiger partial charge is 0.506 e. The van der Waals surface area contributed by atoms with E-state index in [-0.39, 0.29) is 11.9 Å². The van der Waals surface area contributed by atoms with Gasteiger partial charge in [-0.3, -0.25) is 9.69 Å². The van der Waals surface area contributed by atoms with Gasteiger partial charge in [0.05, 0.1) is 31.1 Å². The number of hydrogen-bond donors (Lipinski definition) is 1. The Morgan fingerprint density at radius 3 is 2.31 bits per heavy atom. The molecular formula is C28H30N4O3. The Labute approximate surface area is 205 Å². The van der Waals surface area contributed by atoms with Crippen molar-refractivity contribution in [1.29, 1.82) is 0 Å². The molecule has 7 nitrogen and oxygen atoms in total. The van der Waals surface area contributed by atoms with Crippen LogP contribution < -0.4 is 9.64 Å². The summed E-state index contributed by atoms with van der Waals surface area (Å²) < 4.78 is 5.31. The standard InChI is InChI=1S/C28H30N4O3/c1-35-23-13-11-22(12-14-23)26-19-24(21-7-3-2-4-8-21)29-32(26)28(34)20-30-15-17-31(18-16-30)25-9-5-6-10-27(25)33/h2-14,26,33H,15-20H2,1H3. The maximum atomic E-state index is 13.5. The van der Waals surface area contributed by atoms with Gasteiger partial charge < -0.3 is 14.7 Å². The lowest BCUT2D eigenvalue weighted by molar-refractivity contribution is -0.134. The van der Waals surface area contributed by atoms with Gasteiger partial charge >= 0.3 is 0 Å². The van der Waals surface area contributed by atoms with E-state index in [0.717, 1.165) is 54.5 Å². The zero-order valence-electron chi connectivity index (χ0n) is 19.9. The number of amides is 1. The Hall–Kier alpha value is -3.84. The van der Waals surface area contributed by atoms with Gasteiger partial charge in [-0.05, 0) is 35.4 Å². The van der Waals surface area contributed by atoms with Gasteiger partial charge in [-0.25, -0.2) is 5.01 Å². The van der Waals surface area contributed by atoms with Gasteiger partial charge in [0.15, 0.2) is 0 Å². The average molecular weight is 471 g/mol. The van der Waals surface area contributed by atoms with E-state index in [0.29, 0.717) is 18.7 Å². The van der Waals surface area contributed by atoms with Crippen LogP contribution in [-0.4, -0.2) is 66.5 Å². The molecule has 2 aliphatic rings. The Balaban J connectivity index is 1.30. The van der Waals surface area contributed by atoms with Gasteiger partial charge in [0.25, 0.3) is 5.91 Å². The fraction of sp³-hybridized carbons (Fsp3) is 0.286. The van der Waals surface area contributed by atoms with E-state index in [4.69, 9.17) is 9.84 Å². The number of rotatable bonds is 6. The second-order valence-corrected chi connectivity index (χ2v) is 8.90. The van der Waals surface area contributed by atoms with Gasteiger partial charge in [0.2, 0.25) is 0 Å². The van der Waals surface area contributed by atoms with Crippen molar-refractivity contribution >= 4 is 17.3 Å². The van der Waals surface area contributed by atoms with Gasteiger partial charge in [-0.2, -0.15) is 5.10 Å². The molecule has 1 unspecified atom stereocenters. The quantitative estimate of drug-likeness (QED) is 0.592. The third kappa shape index (κ3) is 5.00. The van der Waals surface area contributed by atoms with Crippen LogP contribution in [0.3, 0.4) is 0 Å². The van der Waals surface area contributed by atoms with Crippen molar-refractivity contribution in [2.24, 2.45) is 5.10 Å². The zero-order valence-corrected chi connectivity index (χ0v) is 19.9. The third-order valence-corrected chi connectivity index (χ3v) is 6.73. The molecule has 1 saturated heterocycles. The Morgan fingerprint density at radius 1 is 0.943 bits per heavy atom. The molecule has 0 radical (unpaired) electrons. The molecule has 0 aliphatic carbocycles. The SMILES string of the molecule is COc1ccc(C2CC(c3ccccc3)=NN2C(=O)CN2CCN(c3ccccc3O)CC2)cc1. The van der Waals surface area contributed by atoms with E-state index in [9.17, 15) is 9.90 Å². The highest BCUT2D eigenvalue weighted by Gasteiger charge is 2.34. The number of hydrazone groups is 1. The number of carbonyl (C=O) groups is 1. The minimum atomic E-state index is -0.147. The molecule has 3 aromatic rings. The van der Waals surface area contributed by atoms with Crippen LogP contribution in [0.2, 0.25) is 0 Å². The molecule has 3 aromatic carbocycles. The average Bonchev–Trinajstić information content (AvgIpc) is 3.36. The number of piperazine rings is 1. The summed E-state index contributed by atoms with van der Waals surface area (Å²) >= 11 is 0.